The van der Waals surface area contributed by atoms with Crippen molar-refractivity contribution >= 4 is 26.7 Å². The third-order valence-electron chi connectivity index (χ3n) is 6.43. The molecule has 1 aliphatic carbocycles. The molecular formula is C23H30N2O3S. The summed E-state index contributed by atoms with van der Waals surface area (Å²) >= 11 is 0. The normalized spacial score (nSPS) is 27.2. The molecule has 1 saturated carbocycles. The summed E-state index contributed by atoms with van der Waals surface area (Å²) in [5.74, 6) is -0.124. The number of sulfonamides is 1. The van der Waals surface area contributed by atoms with E-state index in [-0.39, 0.29) is 27.7 Å². The second kappa shape index (κ2) is 6.81. The van der Waals surface area contributed by atoms with Crippen molar-refractivity contribution in [2.75, 3.05) is 6.54 Å². The van der Waals surface area contributed by atoms with E-state index in [0.717, 1.165) is 30.0 Å². The van der Waals surface area contributed by atoms with Gasteiger partial charge < -0.3 is 4.90 Å². The molecule has 0 aromatic heterocycles. The summed E-state index contributed by atoms with van der Waals surface area (Å²) < 4.78 is 28.4. The molecule has 1 heterocycles. The average molecular weight is 415 g/mol. The van der Waals surface area contributed by atoms with Crippen molar-refractivity contribution in [1.82, 2.24) is 9.62 Å². The van der Waals surface area contributed by atoms with Gasteiger partial charge in [0.05, 0.1) is 10.9 Å². The molecule has 4 rings (SSSR count). The van der Waals surface area contributed by atoms with Gasteiger partial charge >= 0.3 is 0 Å². The Morgan fingerprint density at radius 1 is 1.10 bits per heavy atom. The van der Waals surface area contributed by atoms with Crippen molar-refractivity contribution in [1.29, 1.82) is 0 Å². The van der Waals surface area contributed by atoms with Crippen LogP contribution in [-0.2, 0) is 14.8 Å². The van der Waals surface area contributed by atoms with Gasteiger partial charge in [-0.15, -0.1) is 0 Å². The average Bonchev–Trinajstić information content (AvgIpc) is 2.88. The first kappa shape index (κ1) is 20.4. The van der Waals surface area contributed by atoms with Crippen molar-refractivity contribution in [3.8, 4) is 0 Å². The van der Waals surface area contributed by atoms with E-state index in [9.17, 15) is 13.2 Å². The van der Waals surface area contributed by atoms with Gasteiger partial charge in [0.2, 0.25) is 15.9 Å². The van der Waals surface area contributed by atoms with Crippen molar-refractivity contribution in [2.24, 2.45) is 10.8 Å². The lowest BCUT2D eigenvalue weighted by Gasteiger charge is -2.39. The van der Waals surface area contributed by atoms with Gasteiger partial charge in [-0.2, -0.15) is 4.72 Å². The number of likely N-dealkylation sites (tertiary alicyclic amines) is 1. The van der Waals surface area contributed by atoms with Crippen molar-refractivity contribution < 1.29 is 13.2 Å². The lowest BCUT2D eigenvalue weighted by Crippen LogP contribution is -2.48. The molecule has 0 spiro atoms. The highest BCUT2D eigenvalue weighted by Crippen LogP contribution is 2.52. The minimum absolute atomic E-state index is 0.124. The summed E-state index contributed by atoms with van der Waals surface area (Å²) in [7, 11) is -3.78. The number of hydrogen-bond acceptors (Lipinski definition) is 3. The number of rotatable bonds is 4. The van der Waals surface area contributed by atoms with Gasteiger partial charge in [-0.1, -0.05) is 51.1 Å². The van der Waals surface area contributed by atoms with Crippen LogP contribution in [0.15, 0.2) is 47.4 Å². The van der Waals surface area contributed by atoms with Crippen LogP contribution in [0.25, 0.3) is 10.8 Å². The molecule has 1 aliphatic heterocycles. The fraction of sp³-hybridized carbons (Fsp3) is 0.522. The Hall–Kier alpha value is -1.92. The second-order valence-electron chi connectivity index (χ2n) is 10.0. The lowest BCUT2D eigenvalue weighted by molar-refractivity contribution is -0.133. The number of carbonyl (C=O) groups excluding carboxylic acids is 1. The zero-order chi connectivity index (χ0) is 21.0. The van der Waals surface area contributed by atoms with Crippen molar-refractivity contribution in [3.63, 3.8) is 0 Å². The van der Waals surface area contributed by atoms with Gasteiger partial charge in [-0.05, 0) is 59.9 Å². The molecule has 3 unspecified atom stereocenters. The van der Waals surface area contributed by atoms with Crippen LogP contribution in [0, 0.1) is 10.8 Å². The molecule has 29 heavy (non-hydrogen) atoms. The van der Waals surface area contributed by atoms with Crippen LogP contribution < -0.4 is 4.72 Å². The number of nitrogens with one attached hydrogen (secondary N) is 1. The Morgan fingerprint density at radius 2 is 1.79 bits per heavy atom. The zero-order valence-electron chi connectivity index (χ0n) is 17.6. The Balaban J connectivity index is 1.52. The summed E-state index contributed by atoms with van der Waals surface area (Å²) in [6.45, 7) is 9.13. The number of hydrogen-bond donors (Lipinski definition) is 1. The molecule has 2 aromatic carbocycles. The molecule has 2 bridgehead atoms. The van der Waals surface area contributed by atoms with E-state index in [0.29, 0.717) is 6.54 Å². The molecule has 1 amide bonds. The number of fused-ring (bicyclic) bond motifs is 3. The predicted molar refractivity (Wildman–Crippen MR) is 115 cm³/mol. The van der Waals surface area contributed by atoms with Crippen LogP contribution in [-0.4, -0.2) is 37.9 Å². The van der Waals surface area contributed by atoms with E-state index >= 15 is 0 Å². The van der Waals surface area contributed by atoms with Gasteiger partial charge in [0.25, 0.3) is 0 Å². The Kier molecular flexibility index (Phi) is 4.78. The van der Waals surface area contributed by atoms with Crippen LogP contribution in [0.5, 0.6) is 0 Å². The molecule has 5 nitrogen and oxygen atoms in total. The Morgan fingerprint density at radius 3 is 2.52 bits per heavy atom. The molecule has 1 saturated heterocycles. The van der Waals surface area contributed by atoms with E-state index in [1.165, 1.54) is 0 Å². The minimum Gasteiger partial charge on any atom is -0.338 e. The molecule has 6 heteroatoms. The predicted octanol–water partition coefficient (Wildman–Crippen LogP) is 3.93. The summed E-state index contributed by atoms with van der Waals surface area (Å²) in [5, 5.41) is 1.84. The van der Waals surface area contributed by atoms with Gasteiger partial charge in [0, 0.05) is 12.6 Å². The van der Waals surface area contributed by atoms with E-state index < -0.39 is 16.1 Å². The van der Waals surface area contributed by atoms with Crippen LogP contribution in [0.4, 0.5) is 0 Å². The van der Waals surface area contributed by atoms with E-state index in [1.807, 2.05) is 29.2 Å². The smallest absolute Gasteiger partial charge is 0.241 e. The van der Waals surface area contributed by atoms with Crippen LogP contribution in [0.2, 0.25) is 0 Å². The quantitative estimate of drug-likeness (QED) is 0.824. The maximum Gasteiger partial charge on any atom is 0.241 e. The number of benzene rings is 2. The van der Waals surface area contributed by atoms with Crippen LogP contribution in [0.1, 0.15) is 47.0 Å². The van der Waals surface area contributed by atoms with Gasteiger partial charge in [-0.25, -0.2) is 8.42 Å². The summed E-state index contributed by atoms with van der Waals surface area (Å²) in [6.07, 6.45) is 3.07. The van der Waals surface area contributed by atoms with Crippen LogP contribution in [0.3, 0.4) is 0 Å². The molecule has 3 atom stereocenters. The highest BCUT2D eigenvalue weighted by molar-refractivity contribution is 7.89. The summed E-state index contributed by atoms with van der Waals surface area (Å²) in [5.41, 5.74) is 0.333. The molecule has 2 aromatic rings. The minimum atomic E-state index is -3.78. The zero-order valence-corrected chi connectivity index (χ0v) is 18.4. The summed E-state index contributed by atoms with van der Waals surface area (Å²) in [4.78, 5) is 15.3. The highest BCUT2D eigenvalue weighted by Gasteiger charge is 2.51. The third kappa shape index (κ3) is 3.92. The lowest BCUT2D eigenvalue weighted by atomic mass is 9.65. The Labute approximate surface area is 173 Å². The fourth-order valence-electron chi connectivity index (χ4n) is 5.65. The van der Waals surface area contributed by atoms with E-state index in [1.54, 1.807) is 25.1 Å². The van der Waals surface area contributed by atoms with Crippen molar-refractivity contribution in [3.05, 3.63) is 42.5 Å². The molecule has 2 aliphatic rings. The molecule has 0 radical (unpaired) electrons. The number of carbonyl (C=O) groups is 1. The first-order valence-electron chi connectivity index (χ1n) is 10.3. The maximum absolute atomic E-state index is 13.2. The largest absolute Gasteiger partial charge is 0.338 e. The maximum atomic E-state index is 13.2. The molecule has 2 fully saturated rings. The molecule has 1 N–H and O–H groups in total. The molecular weight excluding hydrogens is 384 g/mol. The third-order valence-corrected chi connectivity index (χ3v) is 7.97. The van der Waals surface area contributed by atoms with Gasteiger partial charge in [-0.3, -0.25) is 4.79 Å². The van der Waals surface area contributed by atoms with Gasteiger partial charge in [0.15, 0.2) is 0 Å². The molecule has 156 valence electrons. The first-order valence-corrected chi connectivity index (χ1v) is 11.8. The topological polar surface area (TPSA) is 66.5 Å². The summed E-state index contributed by atoms with van der Waals surface area (Å²) in [6, 6.07) is 12.1. The first-order chi connectivity index (χ1) is 13.5. The number of nitrogens with zero attached hydrogens (tertiary/aromatic N) is 1. The Bertz CT molecular complexity index is 1060. The van der Waals surface area contributed by atoms with Crippen molar-refractivity contribution in [2.45, 2.75) is 63.9 Å². The van der Waals surface area contributed by atoms with E-state index in [2.05, 4.69) is 25.5 Å². The highest BCUT2D eigenvalue weighted by atomic mass is 32.2. The van der Waals surface area contributed by atoms with E-state index in [4.69, 9.17) is 0 Å². The number of amides is 1. The fourth-order valence-corrected chi connectivity index (χ4v) is 6.88. The van der Waals surface area contributed by atoms with Gasteiger partial charge in [0.1, 0.15) is 0 Å². The monoisotopic (exact) mass is 414 g/mol. The SMILES string of the molecule is CC(NS(=O)(=O)c1ccc2ccccc2c1)C(=O)N1CC2(C)CC1CC(C)(C)C2. The second-order valence-corrected chi connectivity index (χ2v) is 11.7. The standard InChI is InChI=1S/C23H30N2O3S/c1-16(21(26)25-15-23(4)13-19(25)12-22(2,3)14-23)24-29(27,28)20-10-9-17-7-5-6-8-18(17)11-20/h5-11,16,19,24H,12-15H2,1-4H3. The van der Waals surface area contributed by atoms with Crippen LogP contribution >= 0.6 is 0 Å².